The summed E-state index contributed by atoms with van der Waals surface area (Å²) in [5.41, 5.74) is 8.58. The summed E-state index contributed by atoms with van der Waals surface area (Å²) >= 11 is 0. The van der Waals surface area contributed by atoms with Gasteiger partial charge in [0.25, 0.3) is 0 Å². The van der Waals surface area contributed by atoms with E-state index in [1.165, 1.54) is 0 Å². The van der Waals surface area contributed by atoms with Crippen LogP contribution in [0.5, 0.6) is 5.75 Å². The summed E-state index contributed by atoms with van der Waals surface area (Å²) in [5, 5.41) is 1.01. The highest BCUT2D eigenvalue weighted by Gasteiger charge is 2.03. The van der Waals surface area contributed by atoms with Crippen LogP contribution in [0.2, 0.25) is 0 Å². The lowest BCUT2D eigenvalue weighted by Crippen LogP contribution is -2.00. The van der Waals surface area contributed by atoms with Crippen molar-refractivity contribution in [1.82, 2.24) is 4.98 Å². The second-order valence-electron chi connectivity index (χ2n) is 4.31. The summed E-state index contributed by atoms with van der Waals surface area (Å²) in [6.45, 7) is 0.459. The molecule has 3 nitrogen and oxygen atoms in total. The molecule has 0 amide bonds. The summed E-state index contributed by atoms with van der Waals surface area (Å²) in [6.07, 6.45) is 1.78. The number of nitrogens with zero attached hydrogens (tertiary/aromatic N) is 1. The SMILES string of the molecule is Nc1ccccc1COc1cccc2ncccc12. The molecule has 2 aromatic carbocycles. The topological polar surface area (TPSA) is 48.1 Å². The lowest BCUT2D eigenvalue weighted by atomic mass is 10.2. The predicted octanol–water partition coefficient (Wildman–Crippen LogP) is 3.40. The van der Waals surface area contributed by atoms with Crippen LogP contribution in [0.4, 0.5) is 5.69 Å². The van der Waals surface area contributed by atoms with Gasteiger partial charge in [-0.05, 0) is 30.3 Å². The lowest BCUT2D eigenvalue weighted by molar-refractivity contribution is 0.310. The Morgan fingerprint density at radius 1 is 0.947 bits per heavy atom. The molecule has 0 fully saturated rings. The highest BCUT2D eigenvalue weighted by Crippen LogP contribution is 2.25. The second kappa shape index (κ2) is 4.98. The number of pyridine rings is 1. The number of aromatic nitrogens is 1. The van der Waals surface area contributed by atoms with Gasteiger partial charge in [0, 0.05) is 22.8 Å². The molecule has 1 heterocycles. The summed E-state index contributed by atoms with van der Waals surface area (Å²) in [6, 6.07) is 17.5. The van der Waals surface area contributed by atoms with Crippen LogP contribution >= 0.6 is 0 Å². The Balaban J connectivity index is 1.88. The number of nitrogens with two attached hydrogens (primary N) is 1. The van der Waals surface area contributed by atoms with E-state index < -0.39 is 0 Å². The average molecular weight is 250 g/mol. The standard InChI is InChI=1S/C16H14N2O/c17-14-7-2-1-5-12(14)11-19-16-9-3-8-15-13(16)6-4-10-18-15/h1-10H,11,17H2. The highest BCUT2D eigenvalue weighted by atomic mass is 16.5. The van der Waals surface area contributed by atoms with E-state index in [1.807, 2.05) is 54.6 Å². The van der Waals surface area contributed by atoms with Gasteiger partial charge < -0.3 is 10.5 Å². The van der Waals surface area contributed by atoms with Crippen LogP contribution in [0.15, 0.2) is 60.8 Å². The first-order chi connectivity index (χ1) is 9.34. The van der Waals surface area contributed by atoms with Gasteiger partial charge in [-0.3, -0.25) is 4.98 Å². The number of nitrogen functional groups attached to an aromatic ring is 1. The van der Waals surface area contributed by atoms with Crippen molar-refractivity contribution < 1.29 is 4.74 Å². The van der Waals surface area contributed by atoms with Crippen molar-refractivity contribution in [2.45, 2.75) is 6.61 Å². The Bertz CT molecular complexity index is 704. The average Bonchev–Trinajstić information content (AvgIpc) is 2.46. The van der Waals surface area contributed by atoms with Gasteiger partial charge in [0.1, 0.15) is 12.4 Å². The van der Waals surface area contributed by atoms with Crippen molar-refractivity contribution in [2.75, 3.05) is 5.73 Å². The van der Waals surface area contributed by atoms with Crippen LogP contribution in [0, 0.1) is 0 Å². The Hall–Kier alpha value is -2.55. The van der Waals surface area contributed by atoms with Crippen molar-refractivity contribution in [3.8, 4) is 5.75 Å². The first kappa shape index (κ1) is 11.5. The molecule has 0 spiro atoms. The summed E-state index contributed by atoms with van der Waals surface area (Å²) in [7, 11) is 0. The van der Waals surface area contributed by atoms with Crippen molar-refractivity contribution in [1.29, 1.82) is 0 Å². The summed E-state index contributed by atoms with van der Waals surface area (Å²) in [5.74, 6) is 0.828. The number of hydrogen-bond acceptors (Lipinski definition) is 3. The van der Waals surface area contributed by atoms with Crippen molar-refractivity contribution >= 4 is 16.6 Å². The van der Waals surface area contributed by atoms with E-state index in [0.29, 0.717) is 6.61 Å². The molecule has 0 saturated carbocycles. The normalized spacial score (nSPS) is 10.5. The molecule has 3 aromatic rings. The molecule has 0 aliphatic heterocycles. The molecule has 1 aromatic heterocycles. The molecule has 94 valence electrons. The fraction of sp³-hybridized carbons (Fsp3) is 0.0625. The molecule has 3 rings (SSSR count). The van der Waals surface area contributed by atoms with Gasteiger partial charge in [-0.2, -0.15) is 0 Å². The number of anilines is 1. The highest BCUT2D eigenvalue weighted by molar-refractivity contribution is 5.84. The number of benzene rings is 2. The van der Waals surface area contributed by atoms with Gasteiger partial charge >= 0.3 is 0 Å². The van der Waals surface area contributed by atoms with E-state index in [2.05, 4.69) is 4.98 Å². The maximum Gasteiger partial charge on any atom is 0.129 e. The summed E-state index contributed by atoms with van der Waals surface area (Å²) in [4.78, 5) is 4.31. The minimum atomic E-state index is 0.459. The number of para-hydroxylation sites is 1. The van der Waals surface area contributed by atoms with E-state index >= 15 is 0 Å². The van der Waals surface area contributed by atoms with E-state index in [-0.39, 0.29) is 0 Å². The third-order valence-electron chi connectivity index (χ3n) is 3.04. The van der Waals surface area contributed by atoms with Gasteiger partial charge in [-0.15, -0.1) is 0 Å². The second-order valence-corrected chi connectivity index (χ2v) is 4.31. The van der Waals surface area contributed by atoms with E-state index in [9.17, 15) is 0 Å². The first-order valence-corrected chi connectivity index (χ1v) is 6.14. The van der Waals surface area contributed by atoms with Crippen LogP contribution in [0.25, 0.3) is 10.9 Å². The van der Waals surface area contributed by atoms with Gasteiger partial charge in [0.05, 0.1) is 5.52 Å². The zero-order valence-corrected chi connectivity index (χ0v) is 10.4. The van der Waals surface area contributed by atoms with Gasteiger partial charge in [0.15, 0.2) is 0 Å². The maximum absolute atomic E-state index is 5.91. The van der Waals surface area contributed by atoms with Crippen LogP contribution in [-0.4, -0.2) is 4.98 Å². The molecule has 0 bridgehead atoms. The summed E-state index contributed by atoms with van der Waals surface area (Å²) < 4.78 is 5.87. The Kier molecular flexibility index (Phi) is 3.02. The molecule has 0 aliphatic rings. The van der Waals surface area contributed by atoms with Crippen molar-refractivity contribution in [3.05, 3.63) is 66.4 Å². The van der Waals surface area contributed by atoms with E-state index in [0.717, 1.165) is 27.9 Å². The number of rotatable bonds is 3. The zero-order chi connectivity index (χ0) is 13.1. The molecular formula is C16H14N2O. The minimum absolute atomic E-state index is 0.459. The molecule has 2 N–H and O–H groups in total. The number of hydrogen-bond donors (Lipinski definition) is 1. The Morgan fingerprint density at radius 2 is 1.84 bits per heavy atom. The number of ether oxygens (including phenoxy) is 1. The lowest BCUT2D eigenvalue weighted by Gasteiger charge is -2.10. The molecule has 3 heteroatoms. The van der Waals surface area contributed by atoms with Gasteiger partial charge in [0.2, 0.25) is 0 Å². The molecule has 0 unspecified atom stereocenters. The van der Waals surface area contributed by atoms with Crippen LogP contribution in [-0.2, 0) is 6.61 Å². The van der Waals surface area contributed by atoms with E-state index in [1.54, 1.807) is 6.20 Å². The van der Waals surface area contributed by atoms with Crippen LogP contribution < -0.4 is 10.5 Å². The molecular weight excluding hydrogens is 236 g/mol. The fourth-order valence-electron chi connectivity index (χ4n) is 2.02. The van der Waals surface area contributed by atoms with E-state index in [4.69, 9.17) is 10.5 Å². The Morgan fingerprint density at radius 3 is 2.74 bits per heavy atom. The van der Waals surface area contributed by atoms with Crippen LogP contribution in [0.1, 0.15) is 5.56 Å². The van der Waals surface area contributed by atoms with Gasteiger partial charge in [-0.1, -0.05) is 24.3 Å². The quantitative estimate of drug-likeness (QED) is 0.725. The van der Waals surface area contributed by atoms with Crippen LogP contribution in [0.3, 0.4) is 0 Å². The molecule has 0 saturated heterocycles. The fourth-order valence-corrected chi connectivity index (χ4v) is 2.02. The minimum Gasteiger partial charge on any atom is -0.488 e. The largest absolute Gasteiger partial charge is 0.488 e. The third-order valence-corrected chi connectivity index (χ3v) is 3.04. The zero-order valence-electron chi connectivity index (χ0n) is 10.4. The van der Waals surface area contributed by atoms with Crippen molar-refractivity contribution in [3.63, 3.8) is 0 Å². The van der Waals surface area contributed by atoms with Crippen molar-refractivity contribution in [2.24, 2.45) is 0 Å². The number of fused-ring (bicyclic) bond motifs is 1. The first-order valence-electron chi connectivity index (χ1n) is 6.14. The maximum atomic E-state index is 5.91. The third kappa shape index (κ3) is 2.36. The molecule has 0 aliphatic carbocycles. The van der Waals surface area contributed by atoms with Gasteiger partial charge in [-0.25, -0.2) is 0 Å². The monoisotopic (exact) mass is 250 g/mol. The molecule has 0 atom stereocenters. The Labute approximate surface area is 111 Å². The molecule has 0 radical (unpaired) electrons. The smallest absolute Gasteiger partial charge is 0.129 e. The predicted molar refractivity (Wildman–Crippen MR) is 76.9 cm³/mol. The molecule has 19 heavy (non-hydrogen) atoms.